The van der Waals surface area contributed by atoms with Crippen molar-refractivity contribution in [2.24, 2.45) is 0 Å². The summed E-state index contributed by atoms with van der Waals surface area (Å²) in [6.07, 6.45) is 11.4. The molecule has 316 valence electrons. The van der Waals surface area contributed by atoms with Crippen LogP contribution in [0.1, 0.15) is 95.3 Å². The first-order valence-electron chi connectivity index (χ1n) is 22.7. The fraction of sp³-hybridized carbons (Fsp3) is 0.206. The van der Waals surface area contributed by atoms with E-state index < -0.39 is 0 Å². The van der Waals surface area contributed by atoms with Crippen LogP contribution in [0.25, 0.3) is 39.0 Å². The molecule has 0 bridgehead atoms. The highest BCUT2D eigenvalue weighted by molar-refractivity contribution is 5.81. The predicted octanol–water partition coefficient (Wildman–Crippen LogP) is 17.2. The summed E-state index contributed by atoms with van der Waals surface area (Å²) < 4.78 is 0. The average Bonchev–Trinajstić information content (AvgIpc) is 3.51. The third-order valence-corrected chi connectivity index (χ3v) is 13.2. The lowest BCUT2D eigenvalue weighted by atomic mass is 9.81. The Morgan fingerprint density at radius 1 is 0.524 bits per heavy atom. The molecule has 7 aromatic rings. The third-order valence-electron chi connectivity index (χ3n) is 13.2. The van der Waals surface area contributed by atoms with Crippen molar-refractivity contribution >= 4 is 5.57 Å². The second-order valence-electron chi connectivity index (χ2n) is 18.0. The second kappa shape index (κ2) is 19.7. The topological polar surface area (TPSA) is 0 Å². The van der Waals surface area contributed by atoms with Gasteiger partial charge in [0.2, 0.25) is 0 Å². The molecule has 0 heterocycles. The smallest absolute Gasteiger partial charge is 0.0159 e. The van der Waals surface area contributed by atoms with Crippen LogP contribution in [0, 0.1) is 34.6 Å². The highest BCUT2D eigenvalue weighted by Crippen LogP contribution is 2.49. The molecule has 0 radical (unpaired) electrons. The van der Waals surface area contributed by atoms with Gasteiger partial charge in [0.05, 0.1) is 0 Å². The average molecular weight is 821 g/mol. The van der Waals surface area contributed by atoms with Gasteiger partial charge in [0.1, 0.15) is 0 Å². The summed E-state index contributed by atoms with van der Waals surface area (Å²) in [5.74, 6) is 0. The van der Waals surface area contributed by atoms with E-state index in [0.717, 1.165) is 24.8 Å². The van der Waals surface area contributed by atoms with Crippen LogP contribution in [0.5, 0.6) is 0 Å². The van der Waals surface area contributed by atoms with Crippen molar-refractivity contribution in [3.05, 3.63) is 255 Å². The summed E-state index contributed by atoms with van der Waals surface area (Å²) in [5, 5.41) is 0. The maximum absolute atomic E-state index is 4.19. The van der Waals surface area contributed by atoms with Crippen LogP contribution in [0.3, 0.4) is 0 Å². The van der Waals surface area contributed by atoms with Crippen LogP contribution in [0.2, 0.25) is 0 Å². The molecule has 7 aromatic carbocycles. The van der Waals surface area contributed by atoms with Crippen molar-refractivity contribution in [1.29, 1.82) is 0 Å². The Hall–Kier alpha value is -6.50. The number of aryl methyl sites for hydroxylation is 5. The van der Waals surface area contributed by atoms with E-state index in [1.165, 1.54) is 106 Å². The molecule has 0 spiro atoms. The third kappa shape index (κ3) is 10.1. The molecule has 2 aliphatic carbocycles. The van der Waals surface area contributed by atoms with Crippen molar-refractivity contribution in [3.8, 4) is 33.4 Å². The van der Waals surface area contributed by atoms with Crippen LogP contribution >= 0.6 is 0 Å². The summed E-state index contributed by atoms with van der Waals surface area (Å²) in [6, 6.07) is 55.4. The number of fused-ring (bicyclic) bond motifs is 4. The summed E-state index contributed by atoms with van der Waals surface area (Å²) >= 11 is 0. The molecule has 0 unspecified atom stereocenters. The first-order valence-corrected chi connectivity index (χ1v) is 22.7. The predicted molar refractivity (Wildman–Crippen MR) is 275 cm³/mol. The monoisotopic (exact) mass is 821 g/mol. The van der Waals surface area contributed by atoms with Crippen molar-refractivity contribution in [3.63, 3.8) is 0 Å². The highest BCUT2D eigenvalue weighted by atomic mass is 14.4. The molecule has 2 aliphatic rings. The molecule has 9 rings (SSSR count). The Balaban J connectivity index is 0.000000151. The largest absolute Gasteiger partial charge is 0.0915 e. The van der Waals surface area contributed by atoms with Gasteiger partial charge in [-0.05, 0) is 168 Å². The van der Waals surface area contributed by atoms with Crippen molar-refractivity contribution < 1.29 is 0 Å². The number of hydrogen-bond donors (Lipinski definition) is 0. The number of rotatable bonds is 7. The quantitative estimate of drug-likeness (QED) is 0.141. The number of hydrogen-bond acceptors (Lipinski definition) is 0. The molecule has 63 heavy (non-hydrogen) atoms. The molecule has 0 aromatic heterocycles. The van der Waals surface area contributed by atoms with Crippen LogP contribution in [-0.2, 0) is 18.3 Å². The van der Waals surface area contributed by atoms with Gasteiger partial charge < -0.3 is 0 Å². The van der Waals surface area contributed by atoms with E-state index in [1.807, 2.05) is 19.1 Å². The molecule has 0 N–H and O–H groups in total. The molecule has 0 aliphatic heterocycles. The number of allylic oxidation sites excluding steroid dienone is 7. The Morgan fingerprint density at radius 3 is 1.89 bits per heavy atom. The zero-order valence-electron chi connectivity index (χ0n) is 39.1. The van der Waals surface area contributed by atoms with Gasteiger partial charge in [-0.1, -0.05) is 208 Å². The zero-order chi connectivity index (χ0) is 44.7. The fourth-order valence-electron chi connectivity index (χ4n) is 9.26. The van der Waals surface area contributed by atoms with Gasteiger partial charge in [-0.2, -0.15) is 0 Å². The Kier molecular flexibility index (Phi) is 13.9. The minimum absolute atomic E-state index is 0.0594. The molecule has 0 saturated heterocycles. The second-order valence-corrected chi connectivity index (χ2v) is 18.0. The zero-order valence-corrected chi connectivity index (χ0v) is 39.1. The molecule has 0 fully saturated rings. The first-order chi connectivity index (χ1) is 30.3. The van der Waals surface area contributed by atoms with E-state index in [9.17, 15) is 0 Å². The highest BCUT2D eigenvalue weighted by Gasteiger charge is 2.35. The minimum Gasteiger partial charge on any atom is -0.0915 e. The van der Waals surface area contributed by atoms with Crippen LogP contribution < -0.4 is 0 Å². The molecular formula is C63H64. The Morgan fingerprint density at radius 2 is 1.14 bits per heavy atom. The van der Waals surface area contributed by atoms with E-state index in [4.69, 9.17) is 0 Å². The van der Waals surface area contributed by atoms with Gasteiger partial charge in [-0.3, -0.25) is 0 Å². The van der Waals surface area contributed by atoms with Gasteiger partial charge in [0.25, 0.3) is 0 Å². The molecule has 0 heteroatoms. The van der Waals surface area contributed by atoms with E-state index in [-0.39, 0.29) is 5.41 Å². The van der Waals surface area contributed by atoms with Gasteiger partial charge >= 0.3 is 0 Å². The SMILES string of the molecule is C=C(/C=C\C=C/C)C1=C(C)c2ccccc2CC1.Cc1ccc(C)c(-c2cccc(C)c2C)c1.Cc1ccc2c(c1)C(C)(C)c1cc(Cc3ccc(-c4ccccc4)cc3)ccc1-2. The molecule has 0 atom stereocenters. The van der Waals surface area contributed by atoms with E-state index in [1.54, 1.807) is 0 Å². The molecule has 0 amide bonds. The standard InChI is InChI=1S/C29H26.C18H20.C16H18/c1-20-9-15-25-26-16-12-22(19-28(26)29(2,3)27(25)17-20)18-21-10-13-24(14-11-21)23-7-5-4-6-8-23;1-4-5-6-9-14(2)17-13-12-16-10-7-8-11-18(16)15(17)3;1-11-8-9-13(3)16(10-11)15-7-5-6-12(2)14(15)4/h4-17,19H,18H2,1-3H3;4-11H,2,12-13H2,1,3H3;5-10H,1-4H3/b;5-4-,9-6-;. The van der Waals surface area contributed by atoms with Gasteiger partial charge in [-0.15, -0.1) is 0 Å². The summed E-state index contributed by atoms with van der Waals surface area (Å²) in [7, 11) is 0. The minimum atomic E-state index is 0.0594. The molecule has 0 nitrogen and oxygen atoms in total. The maximum atomic E-state index is 4.19. The van der Waals surface area contributed by atoms with Gasteiger partial charge in [0.15, 0.2) is 0 Å². The lowest BCUT2D eigenvalue weighted by Gasteiger charge is -2.22. The van der Waals surface area contributed by atoms with Crippen LogP contribution in [0.15, 0.2) is 194 Å². The molecule has 0 saturated carbocycles. The molecular weight excluding hydrogens is 757 g/mol. The van der Waals surface area contributed by atoms with Gasteiger partial charge in [-0.25, -0.2) is 0 Å². The van der Waals surface area contributed by atoms with Crippen molar-refractivity contribution in [2.45, 2.75) is 87.0 Å². The lowest BCUT2D eigenvalue weighted by molar-refractivity contribution is 0.659. The van der Waals surface area contributed by atoms with E-state index in [0.29, 0.717) is 0 Å². The van der Waals surface area contributed by atoms with Gasteiger partial charge in [0, 0.05) is 5.41 Å². The summed E-state index contributed by atoms with van der Waals surface area (Å²) in [4.78, 5) is 0. The van der Waals surface area contributed by atoms with Crippen LogP contribution in [0.4, 0.5) is 0 Å². The Labute approximate surface area is 379 Å². The fourth-order valence-corrected chi connectivity index (χ4v) is 9.26. The van der Waals surface area contributed by atoms with Crippen molar-refractivity contribution in [2.75, 3.05) is 0 Å². The maximum Gasteiger partial charge on any atom is 0.0159 e. The van der Waals surface area contributed by atoms with E-state index in [2.05, 4.69) is 226 Å². The summed E-state index contributed by atoms with van der Waals surface area (Å²) in [5.41, 5.74) is 27.3. The normalized spacial score (nSPS) is 13.4. The summed E-state index contributed by atoms with van der Waals surface area (Å²) in [6.45, 7) is 24.0. The van der Waals surface area contributed by atoms with Crippen LogP contribution in [-0.4, -0.2) is 0 Å². The van der Waals surface area contributed by atoms with Crippen molar-refractivity contribution in [1.82, 2.24) is 0 Å². The first kappa shape index (κ1) is 44.6. The van der Waals surface area contributed by atoms with E-state index >= 15 is 0 Å². The Bertz CT molecular complexity index is 2830. The lowest BCUT2D eigenvalue weighted by Crippen LogP contribution is -2.15. The number of benzene rings is 7.